The van der Waals surface area contributed by atoms with Gasteiger partial charge in [0, 0.05) is 30.0 Å². The zero-order valence-electron chi connectivity index (χ0n) is 18.2. The molecule has 2 aromatic carbocycles. The SMILES string of the molecule is COc1ccc(C(=O)N[C@H](C(=O)Nc2ccc(N3CCCC3)c(C)c2)C(C)C)cc1. The molecule has 2 aromatic rings. The third-order valence-electron chi connectivity index (χ3n) is 5.50. The van der Waals surface area contributed by atoms with Crippen molar-refractivity contribution in [1.29, 1.82) is 0 Å². The van der Waals surface area contributed by atoms with Crippen LogP contribution in [0.25, 0.3) is 0 Å². The van der Waals surface area contributed by atoms with Gasteiger partial charge in [-0.2, -0.15) is 0 Å². The highest BCUT2D eigenvalue weighted by molar-refractivity contribution is 6.01. The highest BCUT2D eigenvalue weighted by Crippen LogP contribution is 2.27. The second-order valence-electron chi connectivity index (χ2n) is 8.11. The highest BCUT2D eigenvalue weighted by Gasteiger charge is 2.25. The number of nitrogens with zero attached hydrogens (tertiary/aromatic N) is 1. The lowest BCUT2D eigenvalue weighted by molar-refractivity contribution is -0.118. The van der Waals surface area contributed by atoms with Crippen LogP contribution in [0.2, 0.25) is 0 Å². The van der Waals surface area contributed by atoms with Crippen LogP contribution in [0.4, 0.5) is 11.4 Å². The van der Waals surface area contributed by atoms with Gasteiger partial charge in [0.2, 0.25) is 5.91 Å². The van der Waals surface area contributed by atoms with Gasteiger partial charge in [-0.05, 0) is 73.7 Å². The number of hydrogen-bond donors (Lipinski definition) is 2. The average Bonchev–Trinajstić information content (AvgIpc) is 3.26. The normalized spacial score (nSPS) is 14.5. The van der Waals surface area contributed by atoms with Crippen molar-refractivity contribution in [2.75, 3.05) is 30.4 Å². The van der Waals surface area contributed by atoms with E-state index in [4.69, 9.17) is 4.74 Å². The molecule has 0 saturated carbocycles. The molecule has 0 bridgehead atoms. The molecule has 0 aliphatic carbocycles. The van der Waals surface area contributed by atoms with Gasteiger partial charge in [-0.1, -0.05) is 13.8 Å². The first kappa shape index (κ1) is 21.7. The number of aryl methyl sites for hydroxylation is 1. The molecule has 160 valence electrons. The summed E-state index contributed by atoms with van der Waals surface area (Å²) in [7, 11) is 1.58. The van der Waals surface area contributed by atoms with Crippen LogP contribution < -0.4 is 20.3 Å². The number of carbonyl (C=O) groups excluding carboxylic acids is 2. The lowest BCUT2D eigenvalue weighted by Gasteiger charge is -2.23. The van der Waals surface area contributed by atoms with Gasteiger partial charge in [0.05, 0.1) is 7.11 Å². The van der Waals surface area contributed by atoms with Gasteiger partial charge in [0.25, 0.3) is 5.91 Å². The van der Waals surface area contributed by atoms with Gasteiger partial charge in [-0.25, -0.2) is 0 Å². The Balaban J connectivity index is 1.67. The first-order valence-corrected chi connectivity index (χ1v) is 10.5. The maximum Gasteiger partial charge on any atom is 0.251 e. The molecular formula is C24H31N3O3. The Morgan fingerprint density at radius 3 is 2.27 bits per heavy atom. The molecule has 2 N–H and O–H groups in total. The summed E-state index contributed by atoms with van der Waals surface area (Å²) in [5, 5.41) is 5.83. The molecule has 3 rings (SSSR count). The van der Waals surface area contributed by atoms with Gasteiger partial charge in [0.15, 0.2) is 0 Å². The quantitative estimate of drug-likeness (QED) is 0.725. The summed E-state index contributed by atoms with van der Waals surface area (Å²) in [5.41, 5.74) is 3.58. The van der Waals surface area contributed by atoms with E-state index in [9.17, 15) is 9.59 Å². The minimum atomic E-state index is -0.641. The van der Waals surface area contributed by atoms with E-state index in [0.717, 1.165) is 24.3 Å². The number of nitrogens with one attached hydrogen (secondary N) is 2. The summed E-state index contributed by atoms with van der Waals surface area (Å²) in [6.07, 6.45) is 2.45. The van der Waals surface area contributed by atoms with Crippen LogP contribution in [0.15, 0.2) is 42.5 Å². The Labute approximate surface area is 178 Å². The molecule has 6 heteroatoms. The Bertz CT molecular complexity index is 887. The van der Waals surface area contributed by atoms with Crippen molar-refractivity contribution in [2.45, 2.75) is 39.7 Å². The minimum absolute atomic E-state index is 0.0582. The molecule has 0 unspecified atom stereocenters. The average molecular weight is 410 g/mol. The van der Waals surface area contributed by atoms with E-state index in [1.54, 1.807) is 31.4 Å². The lowest BCUT2D eigenvalue weighted by atomic mass is 10.0. The molecule has 0 radical (unpaired) electrons. The van der Waals surface area contributed by atoms with Crippen LogP contribution in [0.3, 0.4) is 0 Å². The molecule has 1 aliphatic rings. The van der Waals surface area contributed by atoms with E-state index >= 15 is 0 Å². The summed E-state index contributed by atoms with van der Waals surface area (Å²) >= 11 is 0. The van der Waals surface area contributed by atoms with Crippen LogP contribution in [-0.2, 0) is 4.79 Å². The number of rotatable bonds is 7. The fourth-order valence-electron chi connectivity index (χ4n) is 3.77. The fraction of sp³-hybridized carbons (Fsp3) is 0.417. The third kappa shape index (κ3) is 5.12. The number of anilines is 2. The number of hydrogen-bond acceptors (Lipinski definition) is 4. The zero-order chi connectivity index (χ0) is 21.7. The van der Waals surface area contributed by atoms with Crippen LogP contribution in [-0.4, -0.2) is 38.1 Å². The van der Waals surface area contributed by atoms with Crippen molar-refractivity contribution in [3.63, 3.8) is 0 Å². The molecule has 0 spiro atoms. The Kier molecular flexibility index (Phi) is 6.98. The van der Waals surface area contributed by atoms with E-state index in [1.807, 2.05) is 26.0 Å². The zero-order valence-corrected chi connectivity index (χ0v) is 18.2. The largest absolute Gasteiger partial charge is 0.497 e. The first-order valence-electron chi connectivity index (χ1n) is 10.5. The molecule has 30 heavy (non-hydrogen) atoms. The predicted molar refractivity (Wildman–Crippen MR) is 120 cm³/mol. The van der Waals surface area contributed by atoms with Gasteiger partial charge >= 0.3 is 0 Å². The number of methoxy groups -OCH3 is 1. The molecule has 1 atom stereocenters. The second kappa shape index (κ2) is 9.65. The maximum absolute atomic E-state index is 12.9. The fourth-order valence-corrected chi connectivity index (χ4v) is 3.77. The van der Waals surface area contributed by atoms with E-state index in [2.05, 4.69) is 28.5 Å². The van der Waals surface area contributed by atoms with Gasteiger partial charge < -0.3 is 20.3 Å². The van der Waals surface area contributed by atoms with E-state index < -0.39 is 6.04 Å². The highest BCUT2D eigenvalue weighted by atomic mass is 16.5. The van der Waals surface area contributed by atoms with Crippen molar-refractivity contribution in [3.8, 4) is 5.75 Å². The topological polar surface area (TPSA) is 70.7 Å². The summed E-state index contributed by atoms with van der Waals surface area (Å²) < 4.78 is 5.12. The smallest absolute Gasteiger partial charge is 0.251 e. The minimum Gasteiger partial charge on any atom is -0.497 e. The van der Waals surface area contributed by atoms with Crippen molar-refractivity contribution >= 4 is 23.2 Å². The third-order valence-corrected chi connectivity index (χ3v) is 5.50. The van der Waals surface area contributed by atoms with Gasteiger partial charge in [-0.3, -0.25) is 9.59 Å². The molecule has 6 nitrogen and oxygen atoms in total. The van der Waals surface area contributed by atoms with Crippen LogP contribution >= 0.6 is 0 Å². The summed E-state index contributed by atoms with van der Waals surface area (Å²) in [5.74, 6) is 0.113. The number of amides is 2. The van der Waals surface area contributed by atoms with E-state index in [-0.39, 0.29) is 17.7 Å². The molecule has 1 saturated heterocycles. The van der Waals surface area contributed by atoms with Gasteiger partial charge in [0.1, 0.15) is 11.8 Å². The molecular weight excluding hydrogens is 378 g/mol. The van der Waals surface area contributed by atoms with Crippen LogP contribution in [0, 0.1) is 12.8 Å². The monoisotopic (exact) mass is 409 g/mol. The van der Waals surface area contributed by atoms with Crippen LogP contribution in [0.1, 0.15) is 42.6 Å². The van der Waals surface area contributed by atoms with Gasteiger partial charge in [-0.15, -0.1) is 0 Å². The maximum atomic E-state index is 12.9. The molecule has 1 aliphatic heterocycles. The second-order valence-corrected chi connectivity index (χ2v) is 8.11. The Morgan fingerprint density at radius 2 is 1.70 bits per heavy atom. The Hall–Kier alpha value is -3.02. The summed E-state index contributed by atoms with van der Waals surface area (Å²) in [4.78, 5) is 27.9. The standard InChI is InChI=1S/C24H31N3O3/c1-16(2)22(26-23(28)18-7-10-20(30-4)11-8-18)24(29)25-19-9-12-21(17(3)15-19)27-13-5-6-14-27/h7-12,15-16,22H,5-6,13-14H2,1-4H3,(H,25,29)(H,26,28)/t22-/m0/s1. The van der Waals surface area contributed by atoms with Crippen molar-refractivity contribution < 1.29 is 14.3 Å². The molecule has 0 aromatic heterocycles. The van der Waals surface area contributed by atoms with Crippen molar-refractivity contribution in [2.24, 2.45) is 5.92 Å². The predicted octanol–water partition coefficient (Wildman–Crippen LogP) is 4.00. The number of ether oxygens (including phenoxy) is 1. The number of benzene rings is 2. The first-order chi connectivity index (χ1) is 14.4. The van der Waals surface area contributed by atoms with Crippen molar-refractivity contribution in [1.82, 2.24) is 5.32 Å². The summed E-state index contributed by atoms with van der Waals surface area (Å²) in [6.45, 7) is 8.06. The summed E-state index contributed by atoms with van der Waals surface area (Å²) in [6, 6.07) is 12.2. The van der Waals surface area contributed by atoms with E-state index in [0.29, 0.717) is 11.3 Å². The lowest BCUT2D eigenvalue weighted by Crippen LogP contribution is -2.47. The molecule has 2 amide bonds. The molecule has 1 heterocycles. The van der Waals surface area contributed by atoms with Crippen molar-refractivity contribution in [3.05, 3.63) is 53.6 Å². The van der Waals surface area contributed by atoms with Crippen LogP contribution in [0.5, 0.6) is 5.75 Å². The van der Waals surface area contributed by atoms with E-state index in [1.165, 1.54) is 18.5 Å². The Morgan fingerprint density at radius 1 is 1.03 bits per heavy atom. The number of carbonyl (C=O) groups is 2. The molecule has 1 fully saturated rings.